The monoisotopic (exact) mass is 336 g/mol. The Bertz CT molecular complexity index is 887. The van der Waals surface area contributed by atoms with Gasteiger partial charge in [-0.3, -0.25) is 9.78 Å². The maximum atomic E-state index is 12.2. The summed E-state index contributed by atoms with van der Waals surface area (Å²) in [6.07, 6.45) is 0.416. The molecule has 0 atom stereocenters. The third-order valence-corrected chi connectivity index (χ3v) is 3.68. The molecular formula is C19H20N4O2. The molecule has 0 fully saturated rings. The van der Waals surface area contributed by atoms with Crippen LogP contribution in [-0.2, 0) is 6.42 Å². The minimum atomic E-state index is -0.251. The van der Waals surface area contributed by atoms with Crippen molar-refractivity contribution in [2.45, 2.75) is 20.3 Å². The van der Waals surface area contributed by atoms with Crippen LogP contribution in [0.3, 0.4) is 0 Å². The first-order valence-electron chi connectivity index (χ1n) is 8.15. The van der Waals surface area contributed by atoms with E-state index in [4.69, 9.17) is 4.74 Å². The highest BCUT2D eigenvalue weighted by atomic mass is 16.5. The summed E-state index contributed by atoms with van der Waals surface area (Å²) in [6.45, 7) is 4.58. The third-order valence-electron chi connectivity index (χ3n) is 3.68. The lowest BCUT2D eigenvalue weighted by molar-refractivity contribution is 0.340. The first-order chi connectivity index (χ1) is 12.1. The second kappa shape index (κ2) is 7.61. The van der Waals surface area contributed by atoms with E-state index >= 15 is 0 Å². The number of nitrogens with one attached hydrogen (secondary N) is 2. The lowest BCUT2D eigenvalue weighted by atomic mass is 10.1. The summed E-state index contributed by atoms with van der Waals surface area (Å²) in [5, 5.41) is 11.2. The fourth-order valence-electron chi connectivity index (χ4n) is 2.37. The molecule has 0 aliphatic carbocycles. The average Bonchev–Trinajstić information content (AvgIpc) is 2.61. The van der Waals surface area contributed by atoms with Crippen molar-refractivity contribution in [3.63, 3.8) is 0 Å². The van der Waals surface area contributed by atoms with Crippen LogP contribution in [0.15, 0.2) is 53.3 Å². The molecule has 0 saturated heterocycles. The summed E-state index contributed by atoms with van der Waals surface area (Å²) in [4.78, 5) is 15.0. The fourth-order valence-corrected chi connectivity index (χ4v) is 2.37. The van der Waals surface area contributed by atoms with Gasteiger partial charge >= 0.3 is 0 Å². The number of anilines is 2. The Labute approximate surface area is 145 Å². The van der Waals surface area contributed by atoms with Gasteiger partial charge < -0.3 is 10.1 Å². The van der Waals surface area contributed by atoms with E-state index in [9.17, 15) is 4.79 Å². The molecular weight excluding hydrogens is 316 g/mol. The van der Waals surface area contributed by atoms with E-state index in [-0.39, 0.29) is 5.56 Å². The van der Waals surface area contributed by atoms with Crippen molar-refractivity contribution in [1.82, 2.24) is 15.2 Å². The second-order valence-corrected chi connectivity index (χ2v) is 5.69. The van der Waals surface area contributed by atoms with Crippen LogP contribution in [0.5, 0.6) is 5.75 Å². The zero-order chi connectivity index (χ0) is 17.6. The van der Waals surface area contributed by atoms with E-state index in [2.05, 4.69) is 20.5 Å². The van der Waals surface area contributed by atoms with Gasteiger partial charge in [-0.05, 0) is 43.7 Å². The van der Waals surface area contributed by atoms with E-state index in [1.165, 1.54) is 0 Å². The summed E-state index contributed by atoms with van der Waals surface area (Å²) in [5.41, 5.74) is 3.10. The molecule has 0 amide bonds. The molecule has 128 valence electrons. The predicted molar refractivity (Wildman–Crippen MR) is 97.5 cm³/mol. The van der Waals surface area contributed by atoms with Gasteiger partial charge in [-0.1, -0.05) is 29.8 Å². The molecule has 0 aliphatic heterocycles. The van der Waals surface area contributed by atoms with E-state index in [1.807, 2.05) is 62.4 Å². The average molecular weight is 336 g/mol. The van der Waals surface area contributed by atoms with Gasteiger partial charge in [-0.25, -0.2) is 0 Å². The topological polar surface area (TPSA) is 79.9 Å². The minimum Gasteiger partial charge on any atom is -0.494 e. The largest absolute Gasteiger partial charge is 0.494 e. The van der Waals surface area contributed by atoms with Crippen molar-refractivity contribution >= 4 is 11.6 Å². The van der Waals surface area contributed by atoms with Crippen LogP contribution in [0.25, 0.3) is 0 Å². The third kappa shape index (κ3) is 4.44. The Morgan fingerprint density at radius 2 is 1.76 bits per heavy atom. The van der Waals surface area contributed by atoms with Crippen LogP contribution < -0.4 is 15.6 Å². The van der Waals surface area contributed by atoms with Gasteiger partial charge in [0.1, 0.15) is 11.4 Å². The Morgan fingerprint density at radius 1 is 1.04 bits per heavy atom. The zero-order valence-electron chi connectivity index (χ0n) is 14.2. The van der Waals surface area contributed by atoms with Crippen LogP contribution >= 0.6 is 0 Å². The van der Waals surface area contributed by atoms with Crippen molar-refractivity contribution in [3.05, 3.63) is 75.7 Å². The highest BCUT2D eigenvalue weighted by Crippen LogP contribution is 2.14. The van der Waals surface area contributed by atoms with Gasteiger partial charge in [0, 0.05) is 12.1 Å². The lowest BCUT2D eigenvalue weighted by Crippen LogP contribution is -2.18. The molecule has 2 N–H and O–H groups in total. The number of aromatic amines is 1. The standard InChI is InChI=1S/C19H20N4O2/c1-3-25-16-10-6-14(7-11-16)12-17-18(24)21-19(23-22-17)20-15-8-4-13(2)5-9-15/h4-11H,3,12H2,1-2H3,(H2,20,21,23,24). The smallest absolute Gasteiger partial charge is 0.274 e. The quantitative estimate of drug-likeness (QED) is 0.722. The molecule has 0 spiro atoms. The second-order valence-electron chi connectivity index (χ2n) is 5.69. The van der Waals surface area contributed by atoms with Gasteiger partial charge in [-0.2, -0.15) is 0 Å². The number of aromatic nitrogens is 3. The molecule has 0 aliphatic rings. The zero-order valence-corrected chi connectivity index (χ0v) is 14.2. The van der Waals surface area contributed by atoms with Crippen molar-refractivity contribution in [3.8, 4) is 5.75 Å². The van der Waals surface area contributed by atoms with E-state index in [0.29, 0.717) is 24.7 Å². The summed E-state index contributed by atoms with van der Waals surface area (Å²) in [6, 6.07) is 15.4. The van der Waals surface area contributed by atoms with Crippen LogP contribution in [0.4, 0.5) is 11.6 Å². The molecule has 1 aromatic heterocycles. The fraction of sp³-hybridized carbons (Fsp3) is 0.211. The summed E-state index contributed by atoms with van der Waals surface area (Å²) < 4.78 is 5.41. The SMILES string of the molecule is CCOc1ccc(Cc2nnc(Nc3ccc(C)cc3)[nH]c2=O)cc1. The molecule has 1 heterocycles. The Balaban J connectivity index is 1.71. The predicted octanol–water partition coefficient (Wildman–Crippen LogP) is 3.21. The van der Waals surface area contributed by atoms with Crippen LogP contribution in [0, 0.1) is 6.92 Å². The molecule has 0 unspecified atom stereocenters. The molecule has 6 nitrogen and oxygen atoms in total. The number of aryl methyl sites for hydroxylation is 1. The van der Waals surface area contributed by atoms with Gasteiger partial charge in [0.25, 0.3) is 5.56 Å². The number of hydrogen-bond acceptors (Lipinski definition) is 5. The number of benzene rings is 2. The summed E-state index contributed by atoms with van der Waals surface area (Å²) >= 11 is 0. The highest BCUT2D eigenvalue weighted by Gasteiger charge is 2.07. The molecule has 0 saturated carbocycles. The molecule has 3 rings (SSSR count). The molecule has 25 heavy (non-hydrogen) atoms. The first kappa shape index (κ1) is 16.7. The van der Waals surface area contributed by atoms with Crippen LogP contribution in [-0.4, -0.2) is 21.8 Å². The molecule has 0 bridgehead atoms. The van der Waals surface area contributed by atoms with E-state index < -0.39 is 0 Å². The Morgan fingerprint density at radius 3 is 2.40 bits per heavy atom. The van der Waals surface area contributed by atoms with Crippen LogP contribution in [0.2, 0.25) is 0 Å². The van der Waals surface area contributed by atoms with E-state index in [1.54, 1.807) is 0 Å². The number of nitrogens with zero attached hydrogens (tertiary/aromatic N) is 2. The van der Waals surface area contributed by atoms with Gasteiger partial charge in [0.15, 0.2) is 0 Å². The first-order valence-corrected chi connectivity index (χ1v) is 8.15. The molecule has 2 aromatic carbocycles. The van der Waals surface area contributed by atoms with Gasteiger partial charge in [0.2, 0.25) is 5.95 Å². The summed E-state index contributed by atoms with van der Waals surface area (Å²) in [7, 11) is 0. The number of rotatable bonds is 6. The molecule has 6 heteroatoms. The molecule has 0 radical (unpaired) electrons. The van der Waals surface area contributed by atoms with E-state index in [0.717, 1.165) is 22.6 Å². The Kier molecular flexibility index (Phi) is 5.09. The minimum absolute atomic E-state index is 0.251. The highest BCUT2D eigenvalue weighted by molar-refractivity contribution is 5.53. The maximum absolute atomic E-state index is 12.2. The number of ether oxygens (including phenoxy) is 1. The van der Waals surface area contributed by atoms with Crippen molar-refractivity contribution < 1.29 is 4.74 Å². The maximum Gasteiger partial charge on any atom is 0.274 e. The van der Waals surface area contributed by atoms with Crippen molar-refractivity contribution in [1.29, 1.82) is 0 Å². The molecule has 3 aromatic rings. The van der Waals surface area contributed by atoms with Gasteiger partial charge in [0.05, 0.1) is 6.61 Å². The normalized spacial score (nSPS) is 10.5. The number of hydrogen-bond donors (Lipinski definition) is 2. The van der Waals surface area contributed by atoms with Crippen molar-refractivity contribution in [2.24, 2.45) is 0 Å². The van der Waals surface area contributed by atoms with Crippen LogP contribution in [0.1, 0.15) is 23.7 Å². The Hall–Kier alpha value is -3.15. The lowest BCUT2D eigenvalue weighted by Gasteiger charge is -2.06. The number of H-pyrrole nitrogens is 1. The van der Waals surface area contributed by atoms with Gasteiger partial charge in [-0.15, -0.1) is 10.2 Å². The van der Waals surface area contributed by atoms with Crippen molar-refractivity contribution in [2.75, 3.05) is 11.9 Å². The summed E-state index contributed by atoms with van der Waals surface area (Å²) in [5.74, 6) is 1.13.